The molecule has 2 nitrogen and oxygen atoms in total. The average molecular weight is 266 g/mol. The van der Waals surface area contributed by atoms with Gasteiger partial charge >= 0.3 is 0 Å². The third kappa shape index (κ3) is 1.94. The number of benzene rings is 1. The quantitative estimate of drug-likeness (QED) is 0.792. The van der Waals surface area contributed by atoms with Gasteiger partial charge in [0, 0.05) is 5.54 Å². The lowest BCUT2D eigenvalue weighted by atomic mass is 9.65. The van der Waals surface area contributed by atoms with Gasteiger partial charge in [0.2, 0.25) is 0 Å². The summed E-state index contributed by atoms with van der Waals surface area (Å²) >= 11 is 0. The molecular formula is C15H20ClNO. The monoisotopic (exact) mass is 265 g/mol. The van der Waals surface area contributed by atoms with E-state index in [4.69, 9.17) is 10.5 Å². The average Bonchev–Trinajstić information content (AvgIpc) is 2.38. The van der Waals surface area contributed by atoms with Crippen molar-refractivity contribution >= 4 is 12.4 Å². The number of ether oxygens (including phenoxy) is 1. The van der Waals surface area contributed by atoms with Gasteiger partial charge in [0.15, 0.2) is 0 Å². The van der Waals surface area contributed by atoms with Crippen LogP contribution in [0.4, 0.5) is 0 Å². The maximum Gasteiger partial charge on any atom is 0.119 e. The Hall–Kier alpha value is -0.990. The SMILES string of the molecule is COc1ccc2c(c1)[C@@]1(N)CC=CC[C@H]1CC2.Cl. The lowest BCUT2D eigenvalue weighted by molar-refractivity contribution is 0.231. The summed E-state index contributed by atoms with van der Waals surface area (Å²) in [5.74, 6) is 1.51. The number of aryl methyl sites for hydroxylation is 1. The Morgan fingerprint density at radius 1 is 1.33 bits per heavy atom. The number of rotatable bonds is 1. The summed E-state index contributed by atoms with van der Waals surface area (Å²) in [6, 6.07) is 6.36. The van der Waals surface area contributed by atoms with Gasteiger partial charge in [0.25, 0.3) is 0 Å². The highest BCUT2D eigenvalue weighted by Crippen LogP contribution is 2.45. The van der Waals surface area contributed by atoms with Crippen molar-refractivity contribution in [1.82, 2.24) is 0 Å². The molecule has 0 radical (unpaired) electrons. The summed E-state index contributed by atoms with van der Waals surface area (Å²) in [7, 11) is 1.71. The minimum atomic E-state index is -0.170. The number of fused-ring (bicyclic) bond motifs is 3. The number of nitrogens with two attached hydrogens (primary N) is 1. The molecule has 2 atom stereocenters. The maximum atomic E-state index is 6.69. The molecule has 2 aliphatic carbocycles. The zero-order valence-electron chi connectivity index (χ0n) is 10.7. The maximum absolute atomic E-state index is 6.69. The molecule has 98 valence electrons. The van der Waals surface area contributed by atoms with E-state index in [1.54, 1.807) is 7.11 Å². The Morgan fingerprint density at radius 3 is 2.94 bits per heavy atom. The second kappa shape index (κ2) is 4.94. The minimum absolute atomic E-state index is 0. The molecule has 1 aromatic carbocycles. The molecule has 3 rings (SSSR count). The summed E-state index contributed by atoms with van der Waals surface area (Å²) < 4.78 is 5.33. The summed E-state index contributed by atoms with van der Waals surface area (Å²) in [5.41, 5.74) is 9.23. The number of hydrogen-bond acceptors (Lipinski definition) is 2. The molecule has 2 aliphatic rings. The highest BCUT2D eigenvalue weighted by molar-refractivity contribution is 5.85. The summed E-state index contributed by atoms with van der Waals surface area (Å²) in [6.45, 7) is 0. The van der Waals surface area contributed by atoms with Gasteiger partial charge in [-0.15, -0.1) is 12.4 Å². The Bertz CT molecular complexity index is 472. The van der Waals surface area contributed by atoms with Crippen molar-refractivity contribution in [1.29, 1.82) is 0 Å². The van der Waals surface area contributed by atoms with Gasteiger partial charge in [-0.25, -0.2) is 0 Å². The van der Waals surface area contributed by atoms with Gasteiger partial charge in [-0.2, -0.15) is 0 Å². The van der Waals surface area contributed by atoms with Crippen molar-refractivity contribution in [3.05, 3.63) is 41.5 Å². The van der Waals surface area contributed by atoms with Crippen molar-refractivity contribution in [3.63, 3.8) is 0 Å². The van der Waals surface area contributed by atoms with Gasteiger partial charge in [-0.3, -0.25) is 0 Å². The molecule has 0 aromatic heterocycles. The van der Waals surface area contributed by atoms with E-state index in [2.05, 4.69) is 24.3 Å². The molecule has 0 unspecified atom stereocenters. The van der Waals surface area contributed by atoms with E-state index in [9.17, 15) is 0 Å². The van der Waals surface area contributed by atoms with E-state index >= 15 is 0 Å². The first kappa shape index (κ1) is 13.4. The number of halogens is 1. The zero-order chi connectivity index (χ0) is 11.9. The molecule has 0 spiro atoms. The van der Waals surface area contributed by atoms with E-state index in [1.165, 1.54) is 17.5 Å². The molecule has 0 saturated heterocycles. The zero-order valence-corrected chi connectivity index (χ0v) is 11.5. The molecule has 0 heterocycles. The van der Waals surface area contributed by atoms with Crippen LogP contribution in [0.2, 0.25) is 0 Å². The van der Waals surface area contributed by atoms with Crippen molar-refractivity contribution in [2.75, 3.05) is 7.11 Å². The van der Waals surface area contributed by atoms with Crippen LogP contribution >= 0.6 is 12.4 Å². The smallest absolute Gasteiger partial charge is 0.119 e. The minimum Gasteiger partial charge on any atom is -0.497 e. The van der Waals surface area contributed by atoms with Crippen LogP contribution in [0.25, 0.3) is 0 Å². The highest BCUT2D eigenvalue weighted by atomic mass is 35.5. The molecule has 0 bridgehead atoms. The summed E-state index contributed by atoms with van der Waals surface area (Å²) in [4.78, 5) is 0. The Morgan fingerprint density at radius 2 is 2.17 bits per heavy atom. The van der Waals surface area contributed by atoms with Gasteiger partial charge in [0.05, 0.1) is 7.11 Å². The summed E-state index contributed by atoms with van der Waals surface area (Å²) in [6.07, 6.45) is 8.94. The van der Waals surface area contributed by atoms with E-state index in [0.29, 0.717) is 5.92 Å². The fourth-order valence-corrected chi connectivity index (χ4v) is 3.28. The van der Waals surface area contributed by atoms with E-state index in [-0.39, 0.29) is 17.9 Å². The second-order valence-corrected chi connectivity index (χ2v) is 5.21. The van der Waals surface area contributed by atoms with Crippen molar-refractivity contribution in [2.45, 2.75) is 31.2 Å². The lowest BCUT2D eigenvalue weighted by Gasteiger charge is -2.44. The number of allylic oxidation sites excluding steroid dienone is 1. The van der Waals surface area contributed by atoms with Crippen molar-refractivity contribution < 1.29 is 4.74 Å². The Kier molecular flexibility index (Phi) is 3.69. The molecule has 3 heteroatoms. The molecule has 0 aliphatic heterocycles. The normalized spacial score (nSPS) is 28.9. The predicted molar refractivity (Wildman–Crippen MR) is 76.3 cm³/mol. The molecule has 1 aromatic rings. The third-order valence-electron chi connectivity index (χ3n) is 4.35. The van der Waals surface area contributed by atoms with E-state index in [1.807, 2.05) is 6.07 Å². The van der Waals surface area contributed by atoms with Crippen LogP contribution in [0.3, 0.4) is 0 Å². The number of hydrogen-bond donors (Lipinski definition) is 1. The fourth-order valence-electron chi connectivity index (χ4n) is 3.28. The van der Waals surface area contributed by atoms with Crippen LogP contribution in [0.1, 0.15) is 30.4 Å². The van der Waals surface area contributed by atoms with Crippen LogP contribution < -0.4 is 10.5 Å². The molecule has 18 heavy (non-hydrogen) atoms. The molecule has 0 saturated carbocycles. The van der Waals surface area contributed by atoms with Gasteiger partial charge < -0.3 is 10.5 Å². The largest absolute Gasteiger partial charge is 0.497 e. The Balaban J connectivity index is 0.00000120. The van der Waals surface area contributed by atoms with Crippen LogP contribution in [0.5, 0.6) is 5.75 Å². The summed E-state index contributed by atoms with van der Waals surface area (Å²) in [5, 5.41) is 0. The first-order valence-electron chi connectivity index (χ1n) is 6.35. The lowest BCUT2D eigenvalue weighted by Crippen LogP contribution is -2.48. The van der Waals surface area contributed by atoms with Crippen molar-refractivity contribution in [2.24, 2.45) is 11.7 Å². The second-order valence-electron chi connectivity index (χ2n) is 5.21. The number of methoxy groups -OCH3 is 1. The van der Waals surface area contributed by atoms with Crippen LogP contribution in [-0.2, 0) is 12.0 Å². The van der Waals surface area contributed by atoms with E-state index in [0.717, 1.165) is 25.0 Å². The van der Waals surface area contributed by atoms with Crippen LogP contribution in [0.15, 0.2) is 30.4 Å². The van der Waals surface area contributed by atoms with Crippen LogP contribution in [-0.4, -0.2) is 7.11 Å². The molecular weight excluding hydrogens is 246 g/mol. The highest BCUT2D eigenvalue weighted by Gasteiger charge is 2.41. The first-order chi connectivity index (χ1) is 8.24. The van der Waals surface area contributed by atoms with Crippen molar-refractivity contribution in [3.8, 4) is 5.75 Å². The van der Waals surface area contributed by atoms with Crippen LogP contribution in [0, 0.1) is 5.92 Å². The fraction of sp³-hybridized carbons (Fsp3) is 0.467. The van der Waals surface area contributed by atoms with E-state index < -0.39 is 0 Å². The topological polar surface area (TPSA) is 35.2 Å². The predicted octanol–water partition coefficient (Wildman–Crippen LogP) is 3.18. The van der Waals surface area contributed by atoms with Gasteiger partial charge in [-0.1, -0.05) is 18.2 Å². The standard InChI is InChI=1S/C15H19NO.ClH/c1-17-13-8-6-11-5-7-12-4-2-3-9-15(12,16)14(11)10-13;/h2-3,6,8,10,12H,4-5,7,9,16H2,1H3;1H/t12-,15+;/m0./s1. The third-order valence-corrected chi connectivity index (χ3v) is 4.35. The molecule has 0 fully saturated rings. The molecule has 0 amide bonds. The van der Waals surface area contributed by atoms with Gasteiger partial charge in [-0.05, 0) is 54.9 Å². The van der Waals surface area contributed by atoms with Gasteiger partial charge in [0.1, 0.15) is 5.75 Å². The first-order valence-corrected chi connectivity index (χ1v) is 6.35. The molecule has 2 N–H and O–H groups in total. The Labute approximate surface area is 115 Å².